The average Bonchev–Trinajstić information content (AvgIpc) is 3.30. The van der Waals surface area contributed by atoms with Crippen LogP contribution in [0.2, 0.25) is 0 Å². The molecule has 7 N–H and O–H groups in total. The molecular weight excluding hydrogens is 1100 g/mol. The van der Waals surface area contributed by atoms with Gasteiger partial charge < -0.3 is 25.0 Å². The third-order valence-corrected chi connectivity index (χ3v) is 16.4. The lowest BCUT2D eigenvalue weighted by Crippen LogP contribution is -2.26. The molecule has 0 fully saturated rings. The zero-order chi connectivity index (χ0) is 55.4. The van der Waals surface area contributed by atoms with Crippen molar-refractivity contribution >= 4 is 108 Å². The minimum atomic E-state index is -4.97. The Morgan fingerprint density at radius 3 is 1.59 bits per heavy atom. The van der Waals surface area contributed by atoms with Crippen LogP contribution in [0.5, 0.6) is 0 Å². The van der Waals surface area contributed by atoms with Crippen LogP contribution in [0.25, 0.3) is 12.2 Å². The van der Waals surface area contributed by atoms with Crippen molar-refractivity contribution < 1.29 is 73.6 Å². The van der Waals surface area contributed by atoms with Gasteiger partial charge in [0.15, 0.2) is 0 Å². The Hall–Kier alpha value is -6.29. The molecule has 0 saturated carbocycles. The first-order valence-corrected chi connectivity index (χ1v) is 30.3. The fourth-order valence-corrected chi connectivity index (χ4v) is 11.3. The number of aromatic nitrogens is 3. The van der Waals surface area contributed by atoms with Gasteiger partial charge in [0.05, 0.1) is 20.4 Å². The van der Waals surface area contributed by atoms with E-state index in [1.54, 1.807) is 30.9 Å². The Morgan fingerprint density at radius 2 is 1.04 bits per heavy atom. The van der Waals surface area contributed by atoms with Crippen molar-refractivity contribution in [3.8, 4) is 0 Å². The molecule has 0 spiro atoms. The summed E-state index contributed by atoms with van der Waals surface area (Å²) in [4.78, 5) is 13.4. The molecule has 0 bridgehead atoms. The fraction of sp³-hybridized carbons (Fsp3) is 0.222. The zero-order valence-corrected chi connectivity index (χ0v) is 44.8. The van der Waals surface area contributed by atoms with Gasteiger partial charge in [-0.05, 0) is 134 Å². The molecule has 75 heavy (non-hydrogen) atoms. The Bertz CT molecular complexity index is 3820. The second kappa shape index (κ2) is 22.9. The minimum absolute atomic E-state index is 0.0195. The van der Waals surface area contributed by atoms with E-state index in [1.165, 1.54) is 48.6 Å². The lowest BCUT2D eigenvalue weighted by molar-refractivity contribution is 0.477. The van der Waals surface area contributed by atoms with Crippen LogP contribution in [-0.2, 0) is 74.5 Å². The van der Waals surface area contributed by atoms with E-state index >= 15 is 0 Å². The molecule has 0 aliphatic heterocycles. The van der Waals surface area contributed by atoms with Gasteiger partial charge in [-0.15, -0.1) is 0 Å². The van der Waals surface area contributed by atoms with Crippen LogP contribution in [0.1, 0.15) is 61.6 Å². The highest BCUT2D eigenvalue weighted by molar-refractivity contribution is 7.87. The van der Waals surface area contributed by atoms with Gasteiger partial charge in [0, 0.05) is 66.7 Å². The van der Waals surface area contributed by atoms with E-state index in [-0.39, 0.29) is 62.5 Å². The quantitative estimate of drug-likeness (QED) is 0.0237. The summed E-state index contributed by atoms with van der Waals surface area (Å²) in [6.45, 7) is 9.11. The monoisotopic (exact) mass is 1150 g/mol. The maximum atomic E-state index is 12.9. The van der Waals surface area contributed by atoms with Gasteiger partial charge in [-0.2, -0.15) is 52.1 Å². The zero-order valence-electron chi connectivity index (χ0n) is 39.9. The molecular formula is C45H48N7O17S6-. The summed E-state index contributed by atoms with van der Waals surface area (Å²) in [5.74, 6) is 0.0253. The van der Waals surface area contributed by atoms with E-state index in [0.717, 1.165) is 42.5 Å². The summed E-state index contributed by atoms with van der Waals surface area (Å²) >= 11 is -2.90. The summed E-state index contributed by atoms with van der Waals surface area (Å²) < 4.78 is 197. The van der Waals surface area contributed by atoms with Gasteiger partial charge in [-0.3, -0.25) is 27.0 Å². The van der Waals surface area contributed by atoms with Crippen LogP contribution in [0.4, 0.5) is 34.4 Å². The summed E-state index contributed by atoms with van der Waals surface area (Å²) in [5.41, 5.74) is 0.845. The van der Waals surface area contributed by atoms with Crippen molar-refractivity contribution in [3.63, 3.8) is 0 Å². The lowest BCUT2D eigenvalue weighted by Gasteiger charge is -2.24. The SMILES string of the molecule is CCN(CC)c1cc(Nc2ccc(/C=C/c3ccc(Cc4nc(Cc5cc(S(=O)(=O)O)ccc5S(=O)(=O)O)nc(N(CC)CC)n4)cc3S(=O)(=O)O)c(S(=O)[O-])c2)cc(Nc2cc(S(=O)(=O)O)ccc2S(=O)(=O)O)c1. The normalized spacial score (nSPS) is 12.9. The van der Waals surface area contributed by atoms with Crippen molar-refractivity contribution in [2.75, 3.05) is 46.6 Å². The second-order valence-electron chi connectivity index (χ2n) is 16.2. The molecule has 24 nitrogen and oxygen atoms in total. The fourth-order valence-electron chi connectivity index (χ4n) is 7.68. The Labute approximate surface area is 435 Å². The van der Waals surface area contributed by atoms with E-state index < -0.39 is 98.3 Å². The Kier molecular flexibility index (Phi) is 17.7. The average molecular weight is 1150 g/mol. The van der Waals surface area contributed by atoms with Gasteiger partial charge in [0.25, 0.3) is 50.6 Å². The van der Waals surface area contributed by atoms with E-state index in [0.29, 0.717) is 37.6 Å². The van der Waals surface area contributed by atoms with Crippen LogP contribution in [0, 0.1) is 0 Å². The molecule has 1 aromatic heterocycles. The molecule has 30 heteroatoms. The number of hydrogen-bond acceptors (Lipinski definition) is 19. The van der Waals surface area contributed by atoms with Crippen LogP contribution in [-0.4, -0.2) is 115 Å². The summed E-state index contributed by atoms with van der Waals surface area (Å²) in [7, 11) is -24.4. The van der Waals surface area contributed by atoms with Crippen LogP contribution < -0.4 is 20.4 Å². The van der Waals surface area contributed by atoms with E-state index in [4.69, 9.17) is 0 Å². The van der Waals surface area contributed by atoms with Crippen LogP contribution in [0.3, 0.4) is 0 Å². The summed E-state index contributed by atoms with van der Waals surface area (Å²) in [6, 6.07) is 17.7. The lowest BCUT2D eigenvalue weighted by atomic mass is 10.1. The third kappa shape index (κ3) is 14.8. The largest absolute Gasteiger partial charge is 0.768 e. The van der Waals surface area contributed by atoms with Crippen molar-refractivity contribution in [2.45, 2.75) is 69.9 Å². The molecule has 0 aliphatic carbocycles. The van der Waals surface area contributed by atoms with Gasteiger partial charge in [-0.25, -0.2) is 4.98 Å². The van der Waals surface area contributed by atoms with E-state index in [1.807, 2.05) is 18.7 Å². The standard InChI is InChI=1S/C45H49N7O17S6/c1-5-51(6-2)35-24-33(23-34(25-35)47-38-27-37(72(58,59)60)16-18-41(38)74(64,65)66)46-32-14-13-29(39(26-32)70(53)54)11-12-30-10-9-28(19-42(30)75(67,68)69)20-43-48-44(50-45(49-43)52(7-3)8-4)22-31-21-36(71(55,56)57)15-17-40(31)73(61,62)63/h9-19,21,23-27,46-47H,5-8,20,22H2,1-4H3,(H,53,54)(H,55,56,57)(H,58,59,60)(H,61,62,63)(H,64,65,66)(H,67,68,69)/p-1/b12-11+. The van der Waals surface area contributed by atoms with Gasteiger partial charge >= 0.3 is 0 Å². The number of rotatable bonds is 22. The number of hydrogen-bond donors (Lipinski definition) is 7. The van der Waals surface area contributed by atoms with Gasteiger partial charge in [0.1, 0.15) is 21.4 Å². The first-order valence-electron chi connectivity index (χ1n) is 22.0. The summed E-state index contributed by atoms with van der Waals surface area (Å²) in [5, 5.41) is 5.88. The third-order valence-electron chi connectivity index (χ3n) is 11.2. The number of anilines is 6. The van der Waals surface area contributed by atoms with Crippen molar-refractivity contribution in [1.29, 1.82) is 0 Å². The molecule has 0 radical (unpaired) electrons. The van der Waals surface area contributed by atoms with Crippen LogP contribution >= 0.6 is 0 Å². The molecule has 1 heterocycles. The Morgan fingerprint density at radius 1 is 0.520 bits per heavy atom. The maximum absolute atomic E-state index is 12.9. The van der Waals surface area contributed by atoms with Crippen molar-refractivity contribution in [2.24, 2.45) is 0 Å². The van der Waals surface area contributed by atoms with Gasteiger partial charge in [0.2, 0.25) is 5.95 Å². The molecule has 0 aliphatic rings. The molecule has 6 rings (SSSR count). The predicted octanol–water partition coefficient (Wildman–Crippen LogP) is 5.87. The molecule has 0 amide bonds. The number of nitrogens with zero attached hydrogens (tertiary/aromatic N) is 5. The highest BCUT2D eigenvalue weighted by atomic mass is 32.2. The van der Waals surface area contributed by atoms with Crippen molar-refractivity contribution in [1.82, 2.24) is 15.0 Å². The molecule has 5 aromatic carbocycles. The second-order valence-corrected chi connectivity index (χ2v) is 24.1. The molecule has 6 aromatic rings. The predicted molar refractivity (Wildman–Crippen MR) is 277 cm³/mol. The molecule has 1 atom stereocenters. The topological polar surface area (TPSA) is 381 Å². The Balaban J connectivity index is 1.33. The van der Waals surface area contributed by atoms with Crippen LogP contribution in [0.15, 0.2) is 120 Å². The van der Waals surface area contributed by atoms with E-state index in [9.17, 15) is 73.6 Å². The summed E-state index contributed by atoms with van der Waals surface area (Å²) in [6.07, 6.45) is 1.85. The van der Waals surface area contributed by atoms with Gasteiger partial charge in [-0.1, -0.05) is 30.4 Å². The number of nitrogens with one attached hydrogen (secondary N) is 2. The first kappa shape index (κ1) is 58.0. The highest BCUT2D eigenvalue weighted by Crippen LogP contribution is 2.34. The molecule has 402 valence electrons. The molecule has 1 unspecified atom stereocenters. The molecule has 0 saturated heterocycles. The van der Waals surface area contributed by atoms with E-state index in [2.05, 4.69) is 25.6 Å². The van der Waals surface area contributed by atoms with Crippen molar-refractivity contribution in [3.05, 3.63) is 125 Å². The first-order chi connectivity index (χ1) is 34.9. The maximum Gasteiger partial charge on any atom is 0.296 e. The number of benzene rings is 5. The highest BCUT2D eigenvalue weighted by Gasteiger charge is 2.24. The minimum Gasteiger partial charge on any atom is -0.768 e. The smallest absolute Gasteiger partial charge is 0.296 e.